The Morgan fingerprint density at radius 1 is 1.13 bits per heavy atom. The number of aromatic nitrogens is 1. The smallest absolute Gasteiger partial charge is 0.313 e. The molecule has 2 amide bonds. The van der Waals surface area contributed by atoms with Crippen LogP contribution in [0.1, 0.15) is 18.1 Å². The van der Waals surface area contributed by atoms with Crippen LogP contribution in [0.25, 0.3) is 0 Å². The van der Waals surface area contributed by atoms with Gasteiger partial charge < -0.3 is 10.2 Å². The SMILES string of the molecule is CCc1ccccc1NC(=O)C(=O)N(C)CCc1ccncc1. The van der Waals surface area contributed by atoms with Crippen molar-refractivity contribution in [2.75, 3.05) is 18.9 Å². The molecule has 1 aromatic carbocycles. The molecule has 0 radical (unpaired) electrons. The Labute approximate surface area is 136 Å². The Morgan fingerprint density at radius 3 is 2.52 bits per heavy atom. The van der Waals surface area contributed by atoms with Gasteiger partial charge >= 0.3 is 11.8 Å². The molecule has 0 aliphatic carbocycles. The van der Waals surface area contributed by atoms with Crippen molar-refractivity contribution in [3.63, 3.8) is 0 Å². The summed E-state index contributed by atoms with van der Waals surface area (Å²) < 4.78 is 0. The summed E-state index contributed by atoms with van der Waals surface area (Å²) in [5.41, 5.74) is 2.78. The summed E-state index contributed by atoms with van der Waals surface area (Å²) in [4.78, 5) is 29.7. The summed E-state index contributed by atoms with van der Waals surface area (Å²) in [7, 11) is 1.63. The number of likely N-dealkylation sites (N-methyl/N-ethyl adjacent to an activating group) is 1. The van der Waals surface area contributed by atoms with Crippen molar-refractivity contribution in [2.45, 2.75) is 19.8 Å². The monoisotopic (exact) mass is 311 g/mol. The minimum absolute atomic E-state index is 0.478. The first-order chi connectivity index (χ1) is 11.1. The molecule has 1 aromatic heterocycles. The zero-order valence-corrected chi connectivity index (χ0v) is 13.5. The summed E-state index contributed by atoms with van der Waals surface area (Å²) in [6, 6.07) is 11.3. The number of pyridine rings is 1. The molecular formula is C18H21N3O2. The normalized spacial score (nSPS) is 10.2. The molecule has 1 N–H and O–H groups in total. The number of carbonyl (C=O) groups is 2. The van der Waals surface area contributed by atoms with Gasteiger partial charge in [0.25, 0.3) is 0 Å². The number of anilines is 1. The molecule has 120 valence electrons. The molecule has 0 saturated heterocycles. The first-order valence-corrected chi connectivity index (χ1v) is 7.65. The first-order valence-electron chi connectivity index (χ1n) is 7.65. The Bertz CT molecular complexity index is 671. The topological polar surface area (TPSA) is 62.3 Å². The van der Waals surface area contributed by atoms with Crippen LogP contribution in [0.3, 0.4) is 0 Å². The molecule has 0 atom stereocenters. The van der Waals surface area contributed by atoms with Crippen LogP contribution in [-0.4, -0.2) is 35.3 Å². The van der Waals surface area contributed by atoms with Gasteiger partial charge in [-0.15, -0.1) is 0 Å². The van der Waals surface area contributed by atoms with Gasteiger partial charge in [0.15, 0.2) is 0 Å². The third-order valence-electron chi connectivity index (χ3n) is 3.67. The average molecular weight is 311 g/mol. The average Bonchev–Trinajstić information content (AvgIpc) is 2.60. The van der Waals surface area contributed by atoms with Crippen LogP contribution in [0.15, 0.2) is 48.8 Å². The van der Waals surface area contributed by atoms with Crippen LogP contribution in [0.5, 0.6) is 0 Å². The van der Waals surface area contributed by atoms with Gasteiger partial charge in [-0.3, -0.25) is 14.6 Å². The number of aryl methyl sites for hydroxylation is 1. The Kier molecular flexibility index (Phi) is 5.86. The quantitative estimate of drug-likeness (QED) is 0.862. The minimum Gasteiger partial charge on any atom is -0.337 e. The van der Waals surface area contributed by atoms with Crippen molar-refractivity contribution >= 4 is 17.5 Å². The predicted octanol–water partition coefficient (Wildman–Crippen LogP) is 2.28. The first kappa shape index (κ1) is 16.7. The molecule has 0 aliphatic heterocycles. The molecule has 2 aromatic rings. The maximum atomic E-state index is 12.2. The molecule has 0 fully saturated rings. The van der Waals surface area contributed by atoms with Crippen LogP contribution < -0.4 is 5.32 Å². The summed E-state index contributed by atoms with van der Waals surface area (Å²) >= 11 is 0. The van der Waals surface area contributed by atoms with Crippen molar-refractivity contribution in [1.82, 2.24) is 9.88 Å². The van der Waals surface area contributed by atoms with Gasteiger partial charge in [-0.05, 0) is 42.2 Å². The molecule has 5 nitrogen and oxygen atoms in total. The second-order valence-electron chi connectivity index (χ2n) is 5.30. The lowest BCUT2D eigenvalue weighted by atomic mass is 10.1. The van der Waals surface area contributed by atoms with Gasteiger partial charge in [-0.2, -0.15) is 0 Å². The van der Waals surface area contributed by atoms with Crippen molar-refractivity contribution in [2.24, 2.45) is 0 Å². The number of nitrogens with zero attached hydrogens (tertiary/aromatic N) is 2. The molecule has 1 heterocycles. The van der Waals surface area contributed by atoms with Crippen molar-refractivity contribution in [3.05, 3.63) is 59.9 Å². The van der Waals surface area contributed by atoms with Crippen LogP contribution >= 0.6 is 0 Å². The van der Waals surface area contributed by atoms with Crippen molar-refractivity contribution in [3.8, 4) is 0 Å². The fourth-order valence-corrected chi connectivity index (χ4v) is 2.25. The highest BCUT2D eigenvalue weighted by molar-refractivity contribution is 6.39. The van der Waals surface area contributed by atoms with E-state index in [0.29, 0.717) is 18.7 Å². The van der Waals surface area contributed by atoms with Gasteiger partial charge in [0.1, 0.15) is 0 Å². The third-order valence-corrected chi connectivity index (χ3v) is 3.67. The van der Waals surface area contributed by atoms with Crippen LogP contribution in [0.4, 0.5) is 5.69 Å². The van der Waals surface area contributed by atoms with E-state index in [1.165, 1.54) is 4.90 Å². The van der Waals surface area contributed by atoms with E-state index in [-0.39, 0.29) is 0 Å². The molecule has 2 rings (SSSR count). The predicted molar refractivity (Wildman–Crippen MR) is 90.0 cm³/mol. The lowest BCUT2D eigenvalue weighted by molar-refractivity contribution is -0.142. The van der Waals surface area contributed by atoms with E-state index in [0.717, 1.165) is 17.5 Å². The van der Waals surface area contributed by atoms with E-state index in [2.05, 4.69) is 10.3 Å². The van der Waals surface area contributed by atoms with Crippen LogP contribution in [0, 0.1) is 0 Å². The number of nitrogens with one attached hydrogen (secondary N) is 1. The summed E-state index contributed by atoms with van der Waals surface area (Å²) in [5.74, 6) is -1.15. The molecule has 0 unspecified atom stereocenters. The van der Waals surface area contributed by atoms with Gasteiger partial charge in [-0.25, -0.2) is 0 Å². The fourth-order valence-electron chi connectivity index (χ4n) is 2.25. The van der Waals surface area contributed by atoms with Crippen LogP contribution in [0.2, 0.25) is 0 Å². The summed E-state index contributed by atoms with van der Waals surface area (Å²) in [6.45, 7) is 2.49. The molecule has 0 saturated carbocycles. The molecule has 0 bridgehead atoms. The van der Waals surface area contributed by atoms with Crippen LogP contribution in [-0.2, 0) is 22.4 Å². The number of hydrogen-bond donors (Lipinski definition) is 1. The van der Waals surface area contributed by atoms with Gasteiger partial charge in [0.2, 0.25) is 0 Å². The van der Waals surface area contributed by atoms with Gasteiger partial charge in [0.05, 0.1) is 0 Å². The minimum atomic E-state index is -0.608. The molecule has 0 aliphatic rings. The highest BCUT2D eigenvalue weighted by Crippen LogP contribution is 2.15. The van der Waals surface area contributed by atoms with E-state index >= 15 is 0 Å². The van der Waals surface area contributed by atoms with Crippen molar-refractivity contribution in [1.29, 1.82) is 0 Å². The molecule has 5 heteroatoms. The molecular weight excluding hydrogens is 290 g/mol. The van der Waals surface area contributed by atoms with E-state index in [9.17, 15) is 9.59 Å². The van der Waals surface area contributed by atoms with Gasteiger partial charge in [-0.1, -0.05) is 25.1 Å². The van der Waals surface area contributed by atoms with E-state index in [1.807, 2.05) is 37.3 Å². The number of benzene rings is 1. The number of hydrogen-bond acceptors (Lipinski definition) is 3. The summed E-state index contributed by atoms with van der Waals surface area (Å²) in [5, 5.41) is 2.70. The Balaban J connectivity index is 1.92. The fraction of sp³-hybridized carbons (Fsp3) is 0.278. The Hall–Kier alpha value is -2.69. The van der Waals surface area contributed by atoms with E-state index < -0.39 is 11.8 Å². The highest BCUT2D eigenvalue weighted by atomic mass is 16.2. The van der Waals surface area contributed by atoms with Gasteiger partial charge in [0, 0.05) is 31.7 Å². The lowest BCUT2D eigenvalue weighted by Crippen LogP contribution is -2.38. The summed E-state index contributed by atoms with van der Waals surface area (Å²) in [6.07, 6.45) is 4.91. The number of carbonyl (C=O) groups excluding carboxylic acids is 2. The standard InChI is InChI=1S/C18H21N3O2/c1-3-15-6-4-5-7-16(15)20-17(22)18(23)21(2)13-10-14-8-11-19-12-9-14/h4-9,11-12H,3,10,13H2,1-2H3,(H,20,22). The second kappa shape index (κ2) is 8.08. The largest absolute Gasteiger partial charge is 0.337 e. The maximum Gasteiger partial charge on any atom is 0.313 e. The zero-order chi connectivity index (χ0) is 16.7. The third kappa shape index (κ3) is 4.64. The van der Waals surface area contributed by atoms with Crippen molar-refractivity contribution < 1.29 is 9.59 Å². The lowest BCUT2D eigenvalue weighted by Gasteiger charge is -2.17. The molecule has 0 spiro atoms. The number of para-hydroxylation sites is 1. The molecule has 23 heavy (non-hydrogen) atoms. The Morgan fingerprint density at radius 2 is 1.83 bits per heavy atom. The number of rotatable bonds is 5. The highest BCUT2D eigenvalue weighted by Gasteiger charge is 2.19. The second-order valence-corrected chi connectivity index (χ2v) is 5.30. The zero-order valence-electron chi connectivity index (χ0n) is 13.5. The van der Waals surface area contributed by atoms with E-state index in [1.54, 1.807) is 25.5 Å². The maximum absolute atomic E-state index is 12.2. The van der Waals surface area contributed by atoms with E-state index in [4.69, 9.17) is 0 Å². The number of amides is 2.